The minimum Gasteiger partial charge on any atom is -0.375 e. The van der Waals surface area contributed by atoms with E-state index in [0.29, 0.717) is 6.54 Å². The second kappa shape index (κ2) is 6.70. The van der Waals surface area contributed by atoms with E-state index in [4.69, 9.17) is 4.74 Å². The van der Waals surface area contributed by atoms with Crippen LogP contribution >= 0.6 is 0 Å². The van der Waals surface area contributed by atoms with Crippen LogP contribution in [0.5, 0.6) is 0 Å². The van der Waals surface area contributed by atoms with E-state index in [1.807, 2.05) is 42.5 Å². The average molecular weight is 240 g/mol. The molecule has 0 amide bonds. The lowest BCUT2D eigenvalue weighted by atomic mass is 10.1. The number of aliphatic imine (C=N–C) groups is 2. The van der Waals surface area contributed by atoms with Crippen LogP contribution in [0.25, 0.3) is 0 Å². The predicted octanol–water partition coefficient (Wildman–Crippen LogP) is 3.22. The zero-order chi connectivity index (χ0) is 12.6. The van der Waals surface area contributed by atoms with Gasteiger partial charge >= 0.3 is 0 Å². The summed E-state index contributed by atoms with van der Waals surface area (Å²) in [6, 6.07) is 12.8. The molecule has 1 aliphatic rings. The molecule has 0 spiro atoms. The van der Waals surface area contributed by atoms with Crippen molar-refractivity contribution in [2.75, 3.05) is 7.11 Å². The SMILES string of the molecule is COC1CC=CC=C1N=C=NCc1ccccc1. The van der Waals surface area contributed by atoms with Crippen LogP contribution in [0.2, 0.25) is 0 Å². The summed E-state index contributed by atoms with van der Waals surface area (Å²) in [4.78, 5) is 8.39. The van der Waals surface area contributed by atoms with E-state index in [1.54, 1.807) is 7.11 Å². The summed E-state index contributed by atoms with van der Waals surface area (Å²) in [7, 11) is 1.69. The Balaban J connectivity index is 1.98. The molecule has 0 aliphatic heterocycles. The lowest BCUT2D eigenvalue weighted by Gasteiger charge is -2.14. The van der Waals surface area contributed by atoms with Crippen molar-refractivity contribution >= 4 is 6.01 Å². The maximum Gasteiger partial charge on any atom is 0.103 e. The summed E-state index contributed by atoms with van der Waals surface area (Å²) in [6.45, 7) is 0.602. The zero-order valence-electron chi connectivity index (χ0n) is 10.4. The number of methoxy groups -OCH3 is 1. The molecule has 0 aromatic heterocycles. The summed E-state index contributed by atoms with van der Waals surface area (Å²) in [5.41, 5.74) is 2.03. The van der Waals surface area contributed by atoms with Gasteiger partial charge in [0.1, 0.15) is 6.10 Å². The van der Waals surface area contributed by atoms with Gasteiger partial charge in [0.25, 0.3) is 0 Å². The molecule has 0 radical (unpaired) electrons. The van der Waals surface area contributed by atoms with Crippen LogP contribution in [-0.4, -0.2) is 19.2 Å². The van der Waals surface area contributed by atoms with Crippen molar-refractivity contribution < 1.29 is 4.74 Å². The molecule has 0 fully saturated rings. The molecule has 1 aromatic carbocycles. The number of ether oxygens (including phenoxy) is 1. The Morgan fingerprint density at radius 1 is 1.33 bits per heavy atom. The largest absolute Gasteiger partial charge is 0.375 e. The zero-order valence-corrected chi connectivity index (χ0v) is 10.4. The van der Waals surface area contributed by atoms with Gasteiger partial charge in [-0.25, -0.2) is 4.99 Å². The predicted molar refractivity (Wildman–Crippen MR) is 72.6 cm³/mol. The topological polar surface area (TPSA) is 34.0 Å². The van der Waals surface area contributed by atoms with E-state index in [2.05, 4.69) is 22.1 Å². The molecule has 3 heteroatoms. The van der Waals surface area contributed by atoms with Crippen LogP contribution in [-0.2, 0) is 11.3 Å². The monoisotopic (exact) mass is 240 g/mol. The normalized spacial score (nSPS) is 17.8. The van der Waals surface area contributed by atoms with Gasteiger partial charge in [0.05, 0.1) is 18.3 Å². The number of rotatable bonds is 4. The molecular formula is C15H16N2O. The van der Waals surface area contributed by atoms with Crippen LogP contribution in [0.4, 0.5) is 0 Å². The second-order valence-corrected chi connectivity index (χ2v) is 3.99. The Labute approximate surface area is 107 Å². The smallest absolute Gasteiger partial charge is 0.103 e. The van der Waals surface area contributed by atoms with Gasteiger partial charge < -0.3 is 4.74 Å². The van der Waals surface area contributed by atoms with E-state index in [0.717, 1.165) is 17.7 Å². The van der Waals surface area contributed by atoms with Crippen LogP contribution in [0.3, 0.4) is 0 Å². The maximum absolute atomic E-state index is 5.32. The van der Waals surface area contributed by atoms with Crippen molar-refractivity contribution in [3.05, 3.63) is 59.8 Å². The third-order valence-electron chi connectivity index (χ3n) is 2.72. The fourth-order valence-electron chi connectivity index (χ4n) is 1.73. The highest BCUT2D eigenvalue weighted by Crippen LogP contribution is 2.16. The summed E-state index contributed by atoms with van der Waals surface area (Å²) in [5.74, 6) is 0. The van der Waals surface area contributed by atoms with E-state index >= 15 is 0 Å². The first kappa shape index (κ1) is 12.5. The fourth-order valence-corrected chi connectivity index (χ4v) is 1.73. The average Bonchev–Trinajstić information content (AvgIpc) is 2.45. The Kier molecular flexibility index (Phi) is 4.65. The van der Waals surface area contributed by atoms with E-state index in [-0.39, 0.29) is 6.10 Å². The van der Waals surface area contributed by atoms with Gasteiger partial charge in [-0.2, -0.15) is 4.99 Å². The standard InChI is InChI=1S/C15H16N2O/c1-18-15-10-6-5-9-14(15)17-12-16-11-13-7-3-2-4-8-13/h2-9,15H,10-11H2,1H3. The molecule has 92 valence electrons. The van der Waals surface area contributed by atoms with Gasteiger partial charge in [-0.15, -0.1) is 0 Å². The van der Waals surface area contributed by atoms with Gasteiger partial charge in [0.2, 0.25) is 0 Å². The summed E-state index contributed by atoms with van der Waals surface area (Å²) in [5, 5.41) is 0. The van der Waals surface area contributed by atoms with Crippen LogP contribution in [0, 0.1) is 0 Å². The number of hydrogen-bond acceptors (Lipinski definition) is 3. The first-order valence-electron chi connectivity index (χ1n) is 5.96. The first-order chi connectivity index (χ1) is 8.90. The molecule has 0 bridgehead atoms. The van der Waals surface area contributed by atoms with Crippen molar-refractivity contribution in [1.29, 1.82) is 0 Å². The lowest BCUT2D eigenvalue weighted by molar-refractivity contribution is 0.132. The molecule has 0 N–H and O–H groups in total. The maximum atomic E-state index is 5.32. The highest BCUT2D eigenvalue weighted by atomic mass is 16.5. The van der Waals surface area contributed by atoms with E-state index in [9.17, 15) is 0 Å². The van der Waals surface area contributed by atoms with Crippen LogP contribution in [0.15, 0.2) is 64.2 Å². The highest BCUT2D eigenvalue weighted by molar-refractivity contribution is 5.45. The second-order valence-electron chi connectivity index (χ2n) is 3.99. The minimum atomic E-state index is 0.0226. The fraction of sp³-hybridized carbons (Fsp3) is 0.267. The van der Waals surface area contributed by atoms with Crippen LogP contribution in [0.1, 0.15) is 12.0 Å². The van der Waals surface area contributed by atoms with Crippen molar-refractivity contribution in [3.63, 3.8) is 0 Å². The number of hydrogen-bond donors (Lipinski definition) is 0. The first-order valence-corrected chi connectivity index (χ1v) is 5.96. The Hall–Kier alpha value is -1.96. The molecule has 2 rings (SSSR count). The molecule has 1 atom stereocenters. The van der Waals surface area contributed by atoms with Gasteiger partial charge in [0.15, 0.2) is 0 Å². The molecule has 0 saturated heterocycles. The summed E-state index contributed by atoms with van der Waals surface area (Å²) in [6.07, 6.45) is 6.85. The Morgan fingerprint density at radius 3 is 2.94 bits per heavy atom. The molecule has 3 nitrogen and oxygen atoms in total. The van der Waals surface area contributed by atoms with Crippen molar-refractivity contribution in [2.45, 2.75) is 19.1 Å². The quantitative estimate of drug-likeness (QED) is 0.744. The van der Waals surface area contributed by atoms with Crippen molar-refractivity contribution in [2.24, 2.45) is 9.98 Å². The molecular weight excluding hydrogens is 224 g/mol. The number of benzene rings is 1. The highest BCUT2D eigenvalue weighted by Gasteiger charge is 2.12. The molecule has 1 aromatic rings. The Morgan fingerprint density at radius 2 is 2.17 bits per heavy atom. The molecule has 0 heterocycles. The van der Waals surface area contributed by atoms with E-state index < -0.39 is 0 Å². The van der Waals surface area contributed by atoms with Gasteiger partial charge in [-0.1, -0.05) is 42.5 Å². The number of nitrogens with zero attached hydrogens (tertiary/aromatic N) is 2. The molecule has 1 aliphatic carbocycles. The Bertz CT molecular complexity index is 496. The minimum absolute atomic E-state index is 0.0226. The van der Waals surface area contributed by atoms with Gasteiger partial charge in [-0.05, 0) is 18.1 Å². The van der Waals surface area contributed by atoms with E-state index in [1.165, 1.54) is 0 Å². The molecule has 0 saturated carbocycles. The van der Waals surface area contributed by atoms with Crippen LogP contribution < -0.4 is 0 Å². The van der Waals surface area contributed by atoms with Crippen molar-refractivity contribution in [3.8, 4) is 0 Å². The van der Waals surface area contributed by atoms with Crippen molar-refractivity contribution in [1.82, 2.24) is 0 Å². The van der Waals surface area contributed by atoms with Gasteiger partial charge in [0, 0.05) is 7.11 Å². The third-order valence-corrected chi connectivity index (χ3v) is 2.72. The molecule has 18 heavy (non-hydrogen) atoms. The molecule has 1 unspecified atom stereocenters. The van der Waals surface area contributed by atoms with Gasteiger partial charge in [-0.3, -0.25) is 0 Å². The summed E-state index contributed by atoms with van der Waals surface area (Å²) < 4.78 is 5.32. The number of allylic oxidation sites excluding steroid dienone is 2. The third kappa shape index (κ3) is 3.52. The lowest BCUT2D eigenvalue weighted by Crippen LogP contribution is -2.13. The summed E-state index contributed by atoms with van der Waals surface area (Å²) >= 11 is 0.